The smallest absolute Gasteiger partial charge is 0.247 e. The average molecular weight is 246 g/mol. The zero-order chi connectivity index (χ0) is 13.8. The number of rotatable bonds is 4. The fraction of sp³-hybridized carbons (Fsp3) is 0.429. The first kappa shape index (κ1) is 14.0. The number of aromatic hydroxyl groups is 1. The average Bonchev–Trinajstić information content (AvgIpc) is 2.38. The van der Waals surface area contributed by atoms with Gasteiger partial charge in [-0.1, -0.05) is 13.0 Å². The molecule has 0 saturated carbocycles. The van der Waals surface area contributed by atoms with Crippen molar-refractivity contribution in [2.24, 2.45) is 5.41 Å². The summed E-state index contributed by atoms with van der Waals surface area (Å²) in [6.45, 7) is 5.76. The second-order valence-electron chi connectivity index (χ2n) is 4.37. The molecule has 0 heterocycles. The Balaban J connectivity index is 3.12. The molecule has 0 aromatic heterocycles. The van der Waals surface area contributed by atoms with E-state index in [2.05, 4.69) is 6.07 Å². The lowest BCUT2D eigenvalue weighted by Gasteiger charge is -2.28. The van der Waals surface area contributed by atoms with Crippen molar-refractivity contribution in [2.75, 3.05) is 11.4 Å². The first-order chi connectivity index (χ1) is 8.48. The largest absolute Gasteiger partial charge is 0.508 e. The number of nitriles is 1. The van der Waals surface area contributed by atoms with Gasteiger partial charge in [-0.3, -0.25) is 4.79 Å². The first-order valence-electron chi connectivity index (χ1n) is 6.00. The van der Waals surface area contributed by atoms with Gasteiger partial charge in [-0.25, -0.2) is 0 Å². The lowest BCUT2D eigenvalue weighted by molar-refractivity contribution is -0.124. The van der Waals surface area contributed by atoms with Crippen molar-refractivity contribution in [1.29, 1.82) is 5.26 Å². The SMILES string of the molecule is CCN(C(=O)C(C)(C#N)CC)c1cccc(O)c1. The van der Waals surface area contributed by atoms with Crippen molar-refractivity contribution in [3.8, 4) is 11.8 Å². The molecule has 18 heavy (non-hydrogen) atoms. The molecule has 1 amide bonds. The predicted molar refractivity (Wildman–Crippen MR) is 70.1 cm³/mol. The van der Waals surface area contributed by atoms with Crippen molar-refractivity contribution in [2.45, 2.75) is 27.2 Å². The number of phenolic OH excluding ortho intramolecular Hbond substituents is 1. The van der Waals surface area contributed by atoms with Crippen LogP contribution in [-0.2, 0) is 4.79 Å². The number of hydrogen-bond acceptors (Lipinski definition) is 3. The molecule has 0 aliphatic heterocycles. The Labute approximate surface area is 107 Å². The third kappa shape index (κ3) is 2.62. The quantitative estimate of drug-likeness (QED) is 0.888. The Kier molecular flexibility index (Phi) is 4.33. The summed E-state index contributed by atoms with van der Waals surface area (Å²) in [5.74, 6) is -0.130. The standard InChI is InChI=1S/C14H18N2O2/c1-4-14(3,10-15)13(18)16(5-2)11-7-6-8-12(17)9-11/h6-9,17H,4-5H2,1-3H3. The van der Waals surface area contributed by atoms with Crippen LogP contribution < -0.4 is 4.90 Å². The van der Waals surface area contributed by atoms with Gasteiger partial charge in [0, 0.05) is 18.3 Å². The number of nitrogens with zero attached hydrogens (tertiary/aromatic N) is 2. The maximum atomic E-state index is 12.4. The van der Waals surface area contributed by atoms with Crippen molar-refractivity contribution < 1.29 is 9.90 Å². The Morgan fingerprint density at radius 2 is 2.17 bits per heavy atom. The molecule has 1 atom stereocenters. The molecule has 4 heteroatoms. The number of carbonyl (C=O) groups is 1. The van der Waals surface area contributed by atoms with Crippen LogP contribution in [0.1, 0.15) is 27.2 Å². The number of hydrogen-bond donors (Lipinski definition) is 1. The number of carbonyl (C=O) groups excluding carboxylic acids is 1. The Bertz CT molecular complexity index is 479. The summed E-state index contributed by atoms with van der Waals surface area (Å²) in [7, 11) is 0. The summed E-state index contributed by atoms with van der Waals surface area (Å²) in [6.07, 6.45) is 0.456. The minimum atomic E-state index is -1.03. The van der Waals surface area contributed by atoms with Gasteiger partial charge in [-0.15, -0.1) is 0 Å². The van der Waals surface area contributed by atoms with Crippen LogP contribution in [0.3, 0.4) is 0 Å². The maximum Gasteiger partial charge on any atom is 0.247 e. The van der Waals surface area contributed by atoms with E-state index in [9.17, 15) is 9.90 Å². The lowest BCUT2D eigenvalue weighted by Crippen LogP contribution is -2.41. The lowest BCUT2D eigenvalue weighted by atomic mass is 9.87. The van der Waals surface area contributed by atoms with Gasteiger partial charge in [-0.2, -0.15) is 5.26 Å². The third-order valence-corrected chi connectivity index (χ3v) is 3.13. The fourth-order valence-corrected chi connectivity index (χ4v) is 1.68. The molecule has 0 aliphatic carbocycles. The zero-order valence-corrected chi connectivity index (χ0v) is 11.0. The molecule has 0 saturated heterocycles. The topological polar surface area (TPSA) is 64.3 Å². The summed E-state index contributed by atoms with van der Waals surface area (Å²) in [6, 6.07) is 8.56. The molecular weight excluding hydrogens is 228 g/mol. The summed E-state index contributed by atoms with van der Waals surface area (Å²) in [5.41, 5.74) is -0.418. The molecule has 4 nitrogen and oxygen atoms in total. The van der Waals surface area contributed by atoms with Crippen LogP contribution in [-0.4, -0.2) is 17.6 Å². The minimum absolute atomic E-state index is 0.105. The van der Waals surface area contributed by atoms with Crippen molar-refractivity contribution in [1.82, 2.24) is 0 Å². The second kappa shape index (κ2) is 5.54. The van der Waals surface area contributed by atoms with Crippen molar-refractivity contribution >= 4 is 11.6 Å². The molecule has 1 aromatic carbocycles. The van der Waals surface area contributed by atoms with E-state index in [0.29, 0.717) is 18.7 Å². The number of anilines is 1. The normalized spacial score (nSPS) is 13.4. The van der Waals surface area contributed by atoms with E-state index in [1.54, 1.807) is 25.1 Å². The molecule has 1 aromatic rings. The van der Waals surface area contributed by atoms with Crippen LogP contribution in [0, 0.1) is 16.7 Å². The molecule has 1 rings (SSSR count). The van der Waals surface area contributed by atoms with Gasteiger partial charge < -0.3 is 10.0 Å². The highest BCUT2D eigenvalue weighted by atomic mass is 16.3. The van der Waals surface area contributed by atoms with Gasteiger partial charge in [0.2, 0.25) is 5.91 Å². The van der Waals surface area contributed by atoms with Gasteiger partial charge in [0.1, 0.15) is 11.2 Å². The Morgan fingerprint density at radius 3 is 2.61 bits per heavy atom. The van der Waals surface area contributed by atoms with Crippen LogP contribution >= 0.6 is 0 Å². The summed E-state index contributed by atoms with van der Waals surface area (Å²) < 4.78 is 0. The van der Waals surface area contributed by atoms with E-state index in [4.69, 9.17) is 5.26 Å². The highest BCUT2D eigenvalue weighted by molar-refractivity contribution is 5.99. The molecule has 1 N–H and O–H groups in total. The minimum Gasteiger partial charge on any atom is -0.508 e. The van der Waals surface area contributed by atoms with Crippen LogP contribution in [0.2, 0.25) is 0 Å². The first-order valence-corrected chi connectivity index (χ1v) is 6.00. The Morgan fingerprint density at radius 1 is 1.50 bits per heavy atom. The summed E-state index contributed by atoms with van der Waals surface area (Å²) in [5, 5.41) is 18.6. The summed E-state index contributed by atoms with van der Waals surface area (Å²) >= 11 is 0. The van der Waals surface area contributed by atoms with Crippen LogP contribution in [0.15, 0.2) is 24.3 Å². The van der Waals surface area contributed by atoms with Gasteiger partial charge in [0.25, 0.3) is 0 Å². The van der Waals surface area contributed by atoms with Crippen LogP contribution in [0.4, 0.5) is 5.69 Å². The van der Waals surface area contributed by atoms with E-state index in [-0.39, 0.29) is 11.7 Å². The van der Waals surface area contributed by atoms with E-state index in [0.717, 1.165) is 0 Å². The van der Waals surface area contributed by atoms with Crippen LogP contribution in [0.5, 0.6) is 5.75 Å². The van der Waals surface area contributed by atoms with E-state index < -0.39 is 5.41 Å². The number of amides is 1. The molecule has 0 aliphatic rings. The Hall–Kier alpha value is -2.02. The van der Waals surface area contributed by atoms with Crippen molar-refractivity contribution in [3.05, 3.63) is 24.3 Å². The monoisotopic (exact) mass is 246 g/mol. The highest BCUT2D eigenvalue weighted by Gasteiger charge is 2.35. The van der Waals surface area contributed by atoms with Crippen molar-refractivity contribution in [3.63, 3.8) is 0 Å². The zero-order valence-electron chi connectivity index (χ0n) is 11.0. The van der Waals surface area contributed by atoms with E-state index in [1.165, 1.54) is 11.0 Å². The molecule has 0 spiro atoms. The fourth-order valence-electron chi connectivity index (χ4n) is 1.68. The highest BCUT2D eigenvalue weighted by Crippen LogP contribution is 2.28. The van der Waals surface area contributed by atoms with E-state index >= 15 is 0 Å². The molecule has 0 bridgehead atoms. The van der Waals surface area contributed by atoms with Gasteiger partial charge in [0.05, 0.1) is 6.07 Å². The third-order valence-electron chi connectivity index (χ3n) is 3.13. The van der Waals surface area contributed by atoms with Gasteiger partial charge in [0.15, 0.2) is 0 Å². The second-order valence-corrected chi connectivity index (χ2v) is 4.37. The van der Waals surface area contributed by atoms with Gasteiger partial charge >= 0.3 is 0 Å². The number of benzene rings is 1. The molecule has 96 valence electrons. The van der Waals surface area contributed by atoms with Crippen LogP contribution in [0.25, 0.3) is 0 Å². The maximum absolute atomic E-state index is 12.4. The number of phenols is 1. The van der Waals surface area contributed by atoms with Gasteiger partial charge in [-0.05, 0) is 32.4 Å². The predicted octanol–water partition coefficient (Wildman–Crippen LogP) is 2.68. The summed E-state index contributed by atoms with van der Waals surface area (Å²) in [4.78, 5) is 13.9. The molecule has 0 fully saturated rings. The molecule has 1 unspecified atom stereocenters. The molecule has 0 radical (unpaired) electrons. The van der Waals surface area contributed by atoms with E-state index in [1.807, 2.05) is 13.8 Å². The molecular formula is C14H18N2O2.